The Morgan fingerprint density at radius 2 is 2.03 bits per heavy atom. The van der Waals surface area contributed by atoms with Gasteiger partial charge in [0.05, 0.1) is 5.75 Å². The van der Waals surface area contributed by atoms with E-state index in [9.17, 15) is 12.8 Å². The van der Waals surface area contributed by atoms with Gasteiger partial charge in [-0.3, -0.25) is 0 Å². The van der Waals surface area contributed by atoms with Crippen molar-refractivity contribution in [3.8, 4) is 11.4 Å². The smallest absolute Gasteiger partial charge is 0.227 e. The highest BCUT2D eigenvalue weighted by molar-refractivity contribution is 7.88. The third-order valence-electron chi connectivity index (χ3n) is 5.43. The van der Waals surface area contributed by atoms with Gasteiger partial charge in [0.1, 0.15) is 5.82 Å². The number of benzene rings is 2. The van der Waals surface area contributed by atoms with E-state index >= 15 is 0 Å². The van der Waals surface area contributed by atoms with Crippen molar-refractivity contribution in [3.05, 3.63) is 71.4 Å². The molecule has 1 saturated heterocycles. The van der Waals surface area contributed by atoms with Crippen molar-refractivity contribution in [1.82, 2.24) is 14.4 Å². The third-order valence-corrected chi connectivity index (χ3v) is 7.25. The highest BCUT2D eigenvalue weighted by Gasteiger charge is 2.30. The van der Waals surface area contributed by atoms with Crippen LogP contribution >= 0.6 is 0 Å². The van der Waals surface area contributed by atoms with E-state index in [-0.39, 0.29) is 11.7 Å². The van der Waals surface area contributed by atoms with Gasteiger partial charge in [-0.15, -0.1) is 0 Å². The fourth-order valence-corrected chi connectivity index (χ4v) is 5.52. The highest BCUT2D eigenvalue weighted by atomic mass is 32.2. The minimum Gasteiger partial charge on any atom is -0.339 e. The first-order valence-electron chi connectivity index (χ1n) is 10.0. The molecule has 0 spiro atoms. The van der Waals surface area contributed by atoms with Crippen LogP contribution in [0.4, 0.5) is 4.39 Å². The second kappa shape index (κ2) is 8.65. The maximum Gasteiger partial charge on any atom is 0.227 e. The lowest BCUT2D eigenvalue weighted by Gasteiger charge is -2.31. The van der Waals surface area contributed by atoms with E-state index in [0.29, 0.717) is 36.8 Å². The summed E-state index contributed by atoms with van der Waals surface area (Å²) in [6, 6.07) is 13.6. The zero-order chi connectivity index (χ0) is 21.1. The minimum absolute atomic E-state index is 0.103. The number of nitrogens with zero attached hydrogens (tertiary/aromatic N) is 3. The van der Waals surface area contributed by atoms with Gasteiger partial charge in [0.25, 0.3) is 0 Å². The van der Waals surface area contributed by atoms with E-state index in [2.05, 4.69) is 10.1 Å². The number of aryl methyl sites for hydroxylation is 1. The second-order valence-corrected chi connectivity index (χ2v) is 9.75. The van der Waals surface area contributed by atoms with Gasteiger partial charge < -0.3 is 4.52 Å². The van der Waals surface area contributed by atoms with E-state index in [1.54, 1.807) is 6.07 Å². The van der Waals surface area contributed by atoms with Gasteiger partial charge in [0.2, 0.25) is 21.7 Å². The van der Waals surface area contributed by atoms with Crippen molar-refractivity contribution in [2.24, 2.45) is 5.92 Å². The molecule has 1 fully saturated rings. The molecule has 8 heteroatoms. The molecule has 158 valence electrons. The van der Waals surface area contributed by atoms with Crippen molar-refractivity contribution < 1.29 is 17.3 Å². The fraction of sp³-hybridized carbons (Fsp3) is 0.364. The van der Waals surface area contributed by atoms with Crippen molar-refractivity contribution in [2.45, 2.75) is 31.9 Å². The van der Waals surface area contributed by atoms with Gasteiger partial charge in [0, 0.05) is 25.1 Å². The molecule has 1 aromatic heterocycles. The maximum absolute atomic E-state index is 13.4. The summed E-state index contributed by atoms with van der Waals surface area (Å²) in [5, 5.41) is 4.09. The van der Waals surface area contributed by atoms with Crippen LogP contribution in [0.1, 0.15) is 29.9 Å². The number of hydrogen-bond donors (Lipinski definition) is 0. The van der Waals surface area contributed by atoms with E-state index in [0.717, 1.165) is 24.0 Å². The lowest BCUT2D eigenvalue weighted by molar-refractivity contribution is 0.247. The first-order valence-corrected chi connectivity index (χ1v) is 11.6. The molecule has 6 nitrogen and oxygen atoms in total. The Hall–Kier alpha value is -2.58. The number of hydrogen-bond acceptors (Lipinski definition) is 5. The van der Waals surface area contributed by atoms with Crippen LogP contribution in [0, 0.1) is 18.7 Å². The quantitative estimate of drug-likeness (QED) is 0.593. The van der Waals surface area contributed by atoms with Crippen molar-refractivity contribution >= 4 is 10.0 Å². The molecule has 1 aliphatic rings. The average molecular weight is 430 g/mol. The van der Waals surface area contributed by atoms with Crippen LogP contribution in [-0.4, -0.2) is 36.0 Å². The summed E-state index contributed by atoms with van der Waals surface area (Å²) in [4.78, 5) is 4.51. The van der Waals surface area contributed by atoms with Gasteiger partial charge in [-0.05, 0) is 48.9 Å². The normalized spacial score (nSPS) is 17.9. The van der Waals surface area contributed by atoms with E-state index in [1.807, 2.05) is 31.2 Å². The zero-order valence-electron chi connectivity index (χ0n) is 16.8. The maximum atomic E-state index is 13.4. The van der Waals surface area contributed by atoms with Gasteiger partial charge >= 0.3 is 0 Å². The molecule has 3 aromatic rings. The summed E-state index contributed by atoms with van der Waals surface area (Å²) in [5.41, 5.74) is 2.45. The summed E-state index contributed by atoms with van der Waals surface area (Å²) in [6.07, 6.45) is 2.20. The van der Waals surface area contributed by atoms with Crippen molar-refractivity contribution in [1.29, 1.82) is 0 Å². The van der Waals surface area contributed by atoms with Crippen LogP contribution in [0.15, 0.2) is 53.1 Å². The molecule has 0 N–H and O–H groups in total. The summed E-state index contributed by atoms with van der Waals surface area (Å²) < 4.78 is 46.0. The Kier molecular flexibility index (Phi) is 5.97. The Balaban J connectivity index is 1.42. The molecular weight excluding hydrogens is 405 g/mol. The Bertz CT molecular complexity index is 1130. The molecule has 0 amide bonds. The monoisotopic (exact) mass is 429 g/mol. The molecular formula is C22H24FN3O3S. The summed E-state index contributed by atoms with van der Waals surface area (Å²) >= 11 is 0. The standard InChI is InChI=1S/C22H24FN3O3S/c1-16-6-2-3-10-20(16)22-24-21(29-25-22)13-17-8-5-11-26(14-17)30(27,28)15-18-7-4-9-19(23)12-18/h2-4,6-7,9-10,12,17H,5,8,11,13-15H2,1H3. The van der Waals surface area contributed by atoms with Gasteiger partial charge in [0.15, 0.2) is 0 Å². The van der Waals surface area contributed by atoms with Crippen molar-refractivity contribution in [3.63, 3.8) is 0 Å². The minimum atomic E-state index is -3.52. The van der Waals surface area contributed by atoms with E-state index < -0.39 is 15.8 Å². The lowest BCUT2D eigenvalue weighted by Crippen LogP contribution is -2.41. The summed E-state index contributed by atoms with van der Waals surface area (Å²) in [6.45, 7) is 2.88. The molecule has 0 saturated carbocycles. The molecule has 0 radical (unpaired) electrons. The van der Waals surface area contributed by atoms with Gasteiger partial charge in [-0.2, -0.15) is 4.98 Å². The number of rotatable bonds is 6. The molecule has 2 aromatic carbocycles. The number of piperidine rings is 1. The Labute approximate surface area is 175 Å². The lowest BCUT2D eigenvalue weighted by atomic mass is 9.96. The van der Waals surface area contributed by atoms with E-state index in [1.165, 1.54) is 22.5 Å². The largest absolute Gasteiger partial charge is 0.339 e. The average Bonchev–Trinajstić information content (AvgIpc) is 3.16. The van der Waals surface area contributed by atoms with Crippen LogP contribution < -0.4 is 0 Å². The van der Waals surface area contributed by atoms with Crippen molar-refractivity contribution in [2.75, 3.05) is 13.1 Å². The molecule has 0 aliphatic carbocycles. The Morgan fingerprint density at radius 1 is 1.20 bits per heavy atom. The summed E-state index contributed by atoms with van der Waals surface area (Å²) in [5.74, 6) is 0.540. The van der Waals surface area contributed by atoms with Gasteiger partial charge in [-0.25, -0.2) is 17.1 Å². The Morgan fingerprint density at radius 3 is 2.83 bits per heavy atom. The molecule has 0 bridgehead atoms. The van der Waals surface area contributed by atoms with Crippen LogP contribution in [0.3, 0.4) is 0 Å². The van der Waals surface area contributed by atoms with Crippen LogP contribution in [0.2, 0.25) is 0 Å². The fourth-order valence-electron chi connectivity index (χ4n) is 3.89. The molecule has 1 aliphatic heterocycles. The number of sulfonamides is 1. The topological polar surface area (TPSA) is 76.3 Å². The SMILES string of the molecule is Cc1ccccc1-c1noc(CC2CCCN(S(=O)(=O)Cc3cccc(F)c3)C2)n1. The predicted octanol–water partition coefficient (Wildman–Crippen LogP) is 3.97. The highest BCUT2D eigenvalue weighted by Crippen LogP contribution is 2.26. The molecule has 4 rings (SSSR count). The molecule has 2 heterocycles. The number of halogens is 1. The van der Waals surface area contributed by atoms with Crippen LogP contribution in [0.5, 0.6) is 0 Å². The first kappa shape index (κ1) is 20.7. The van der Waals surface area contributed by atoms with E-state index in [4.69, 9.17) is 4.52 Å². The van der Waals surface area contributed by atoms with Crippen LogP contribution in [-0.2, 0) is 22.2 Å². The van der Waals surface area contributed by atoms with Gasteiger partial charge in [-0.1, -0.05) is 41.6 Å². The third kappa shape index (κ3) is 4.76. The second-order valence-electron chi connectivity index (χ2n) is 7.78. The number of aromatic nitrogens is 2. The summed E-state index contributed by atoms with van der Waals surface area (Å²) in [7, 11) is -3.52. The molecule has 1 atom stereocenters. The molecule has 1 unspecified atom stereocenters. The molecule has 30 heavy (non-hydrogen) atoms. The zero-order valence-corrected chi connectivity index (χ0v) is 17.6. The first-order chi connectivity index (χ1) is 14.4. The van der Waals surface area contributed by atoms with Crippen LogP contribution in [0.25, 0.3) is 11.4 Å². The predicted molar refractivity (Wildman–Crippen MR) is 111 cm³/mol.